The van der Waals surface area contributed by atoms with E-state index in [-0.39, 0.29) is 5.91 Å². The number of hydrogen-bond acceptors (Lipinski definition) is 3. The molecule has 1 fully saturated rings. The first kappa shape index (κ1) is 13.8. The first-order valence-electron chi connectivity index (χ1n) is 7.19. The maximum atomic E-state index is 12.6. The van der Waals surface area contributed by atoms with E-state index in [4.69, 9.17) is 0 Å². The van der Waals surface area contributed by atoms with E-state index in [0.29, 0.717) is 0 Å². The van der Waals surface area contributed by atoms with Gasteiger partial charge in [-0.15, -0.1) is 0 Å². The summed E-state index contributed by atoms with van der Waals surface area (Å²) in [5.74, 6) is 0.857. The third-order valence-electron chi connectivity index (χ3n) is 3.72. The molecule has 1 aliphatic heterocycles. The highest BCUT2D eigenvalue weighted by molar-refractivity contribution is 5.99. The number of carbonyl (C=O) groups excluding carboxylic acids is 1. The Kier molecular flexibility index (Phi) is 4.77. The molecule has 4 heteroatoms. The molecular formula is C15H23N3O. The van der Waals surface area contributed by atoms with Gasteiger partial charge in [-0.3, -0.25) is 9.78 Å². The van der Waals surface area contributed by atoms with E-state index >= 15 is 0 Å². The van der Waals surface area contributed by atoms with Gasteiger partial charge < -0.3 is 10.2 Å². The molecule has 2 rings (SSSR count). The van der Waals surface area contributed by atoms with Gasteiger partial charge in [-0.25, -0.2) is 0 Å². The fraction of sp³-hybridized carbons (Fsp3) is 0.600. The van der Waals surface area contributed by atoms with Gasteiger partial charge in [0.1, 0.15) is 0 Å². The van der Waals surface area contributed by atoms with Crippen molar-refractivity contribution in [2.75, 3.05) is 25.0 Å². The van der Waals surface area contributed by atoms with E-state index < -0.39 is 0 Å². The number of anilines is 1. The molecule has 1 aliphatic rings. The molecule has 1 saturated heterocycles. The van der Waals surface area contributed by atoms with Gasteiger partial charge in [0.15, 0.2) is 0 Å². The fourth-order valence-corrected chi connectivity index (χ4v) is 2.55. The quantitative estimate of drug-likeness (QED) is 0.910. The standard InChI is InChI=1S/C15H23N3O/c1-3-17-14-11-16-8-6-13(14)15(19)18-9-4-5-12(2)7-10-18/h6,8,11-12,17H,3-5,7,9-10H2,1-2H3. The molecule has 1 amide bonds. The first-order chi connectivity index (χ1) is 9.22. The topological polar surface area (TPSA) is 45.2 Å². The van der Waals surface area contributed by atoms with E-state index in [9.17, 15) is 4.79 Å². The van der Waals surface area contributed by atoms with Crippen molar-refractivity contribution in [2.45, 2.75) is 33.1 Å². The summed E-state index contributed by atoms with van der Waals surface area (Å²) >= 11 is 0. The molecule has 0 aromatic carbocycles. The van der Waals surface area contributed by atoms with Gasteiger partial charge in [0, 0.05) is 25.8 Å². The summed E-state index contributed by atoms with van der Waals surface area (Å²) in [6, 6.07) is 1.81. The summed E-state index contributed by atoms with van der Waals surface area (Å²) in [5.41, 5.74) is 1.58. The number of amides is 1. The van der Waals surface area contributed by atoms with Gasteiger partial charge in [-0.1, -0.05) is 6.92 Å². The molecule has 0 radical (unpaired) electrons. The zero-order chi connectivity index (χ0) is 13.7. The molecule has 19 heavy (non-hydrogen) atoms. The number of carbonyl (C=O) groups is 1. The number of rotatable bonds is 3. The number of aromatic nitrogens is 1. The lowest BCUT2D eigenvalue weighted by molar-refractivity contribution is 0.0761. The Labute approximate surface area is 115 Å². The highest BCUT2D eigenvalue weighted by Gasteiger charge is 2.21. The third kappa shape index (κ3) is 3.46. The molecule has 0 saturated carbocycles. The lowest BCUT2D eigenvalue weighted by Gasteiger charge is -2.22. The summed E-state index contributed by atoms with van der Waals surface area (Å²) in [7, 11) is 0. The predicted molar refractivity (Wildman–Crippen MR) is 77.3 cm³/mol. The Morgan fingerprint density at radius 3 is 3.11 bits per heavy atom. The molecule has 1 aromatic heterocycles. The lowest BCUT2D eigenvalue weighted by atomic mass is 10.0. The summed E-state index contributed by atoms with van der Waals surface area (Å²) in [5, 5.41) is 3.21. The largest absolute Gasteiger partial charge is 0.383 e. The van der Waals surface area contributed by atoms with Crippen LogP contribution in [0.1, 0.15) is 43.5 Å². The van der Waals surface area contributed by atoms with Crippen LogP contribution in [0.4, 0.5) is 5.69 Å². The third-order valence-corrected chi connectivity index (χ3v) is 3.72. The number of likely N-dealkylation sites (tertiary alicyclic amines) is 1. The van der Waals surface area contributed by atoms with Gasteiger partial charge in [-0.05, 0) is 38.2 Å². The van der Waals surface area contributed by atoms with Crippen LogP contribution < -0.4 is 5.32 Å². The highest BCUT2D eigenvalue weighted by atomic mass is 16.2. The van der Waals surface area contributed by atoms with Crippen LogP contribution in [0.25, 0.3) is 0 Å². The second kappa shape index (κ2) is 6.55. The maximum absolute atomic E-state index is 12.6. The van der Waals surface area contributed by atoms with Crippen LogP contribution in [0.15, 0.2) is 18.5 Å². The highest BCUT2D eigenvalue weighted by Crippen LogP contribution is 2.21. The first-order valence-corrected chi connectivity index (χ1v) is 7.19. The van der Waals surface area contributed by atoms with Gasteiger partial charge in [0.2, 0.25) is 0 Å². The molecule has 4 nitrogen and oxygen atoms in total. The Morgan fingerprint density at radius 1 is 1.47 bits per heavy atom. The molecule has 0 aliphatic carbocycles. The monoisotopic (exact) mass is 261 g/mol. The molecule has 2 heterocycles. The number of nitrogens with zero attached hydrogens (tertiary/aromatic N) is 2. The number of pyridine rings is 1. The fourth-order valence-electron chi connectivity index (χ4n) is 2.55. The van der Waals surface area contributed by atoms with Crippen molar-refractivity contribution in [2.24, 2.45) is 5.92 Å². The van der Waals surface area contributed by atoms with E-state index in [1.165, 1.54) is 6.42 Å². The summed E-state index contributed by atoms with van der Waals surface area (Å²) in [6.07, 6.45) is 6.85. The van der Waals surface area contributed by atoms with Crippen molar-refractivity contribution in [3.8, 4) is 0 Å². The molecule has 1 aromatic rings. The second-order valence-corrected chi connectivity index (χ2v) is 5.28. The van der Waals surface area contributed by atoms with E-state index in [1.54, 1.807) is 12.4 Å². The average molecular weight is 261 g/mol. The smallest absolute Gasteiger partial charge is 0.256 e. The summed E-state index contributed by atoms with van der Waals surface area (Å²) < 4.78 is 0. The Hall–Kier alpha value is -1.58. The average Bonchev–Trinajstić information content (AvgIpc) is 2.64. The minimum absolute atomic E-state index is 0.132. The van der Waals surface area contributed by atoms with Crippen LogP contribution in [0.3, 0.4) is 0 Å². The Morgan fingerprint density at radius 2 is 2.32 bits per heavy atom. The zero-order valence-corrected chi connectivity index (χ0v) is 11.9. The van der Waals surface area contributed by atoms with Crippen molar-refractivity contribution in [3.05, 3.63) is 24.0 Å². The van der Waals surface area contributed by atoms with Gasteiger partial charge in [0.05, 0.1) is 17.4 Å². The van der Waals surface area contributed by atoms with Crippen LogP contribution in [-0.2, 0) is 0 Å². The van der Waals surface area contributed by atoms with Crippen molar-refractivity contribution in [3.63, 3.8) is 0 Å². The normalized spacial score (nSPS) is 19.9. The van der Waals surface area contributed by atoms with Crippen LogP contribution in [-0.4, -0.2) is 35.4 Å². The lowest BCUT2D eigenvalue weighted by Crippen LogP contribution is -2.32. The second-order valence-electron chi connectivity index (χ2n) is 5.28. The van der Waals surface area contributed by atoms with Crippen molar-refractivity contribution in [1.82, 2.24) is 9.88 Å². The van der Waals surface area contributed by atoms with Crippen molar-refractivity contribution in [1.29, 1.82) is 0 Å². The van der Waals surface area contributed by atoms with E-state index in [0.717, 1.165) is 49.6 Å². The van der Waals surface area contributed by atoms with Crippen LogP contribution in [0.2, 0.25) is 0 Å². The van der Waals surface area contributed by atoms with Gasteiger partial charge in [0.25, 0.3) is 5.91 Å². The zero-order valence-electron chi connectivity index (χ0n) is 11.9. The molecule has 0 bridgehead atoms. The predicted octanol–water partition coefficient (Wildman–Crippen LogP) is 2.78. The molecule has 1 N–H and O–H groups in total. The van der Waals surface area contributed by atoms with Crippen molar-refractivity contribution < 1.29 is 4.79 Å². The Balaban J connectivity index is 2.14. The van der Waals surface area contributed by atoms with E-state index in [1.807, 2.05) is 17.9 Å². The Bertz CT molecular complexity index is 433. The van der Waals surface area contributed by atoms with Gasteiger partial charge in [-0.2, -0.15) is 0 Å². The summed E-state index contributed by atoms with van der Waals surface area (Å²) in [4.78, 5) is 18.7. The number of nitrogens with one attached hydrogen (secondary N) is 1. The molecular weight excluding hydrogens is 238 g/mol. The van der Waals surface area contributed by atoms with Crippen LogP contribution in [0, 0.1) is 5.92 Å². The molecule has 1 atom stereocenters. The SMILES string of the molecule is CCNc1cnccc1C(=O)N1CCCC(C)CC1. The summed E-state index contributed by atoms with van der Waals surface area (Å²) in [6.45, 7) is 6.83. The molecule has 0 spiro atoms. The van der Waals surface area contributed by atoms with Crippen LogP contribution in [0.5, 0.6) is 0 Å². The molecule has 104 valence electrons. The van der Waals surface area contributed by atoms with E-state index in [2.05, 4.69) is 17.2 Å². The maximum Gasteiger partial charge on any atom is 0.256 e. The van der Waals surface area contributed by atoms with Gasteiger partial charge >= 0.3 is 0 Å². The van der Waals surface area contributed by atoms with Crippen molar-refractivity contribution >= 4 is 11.6 Å². The molecule has 1 unspecified atom stereocenters. The van der Waals surface area contributed by atoms with Crippen LogP contribution >= 0.6 is 0 Å². The minimum Gasteiger partial charge on any atom is -0.383 e. The number of hydrogen-bond donors (Lipinski definition) is 1. The minimum atomic E-state index is 0.132.